The highest BCUT2D eigenvalue weighted by Crippen LogP contribution is 2.49. The van der Waals surface area contributed by atoms with E-state index < -0.39 is 6.04 Å². The molecule has 0 radical (unpaired) electrons. The van der Waals surface area contributed by atoms with Gasteiger partial charge in [-0.05, 0) is 19.4 Å². The lowest BCUT2D eigenvalue weighted by Crippen LogP contribution is -2.56. The van der Waals surface area contributed by atoms with Gasteiger partial charge < -0.3 is 10.5 Å². The average Bonchev–Trinajstić information content (AvgIpc) is 2.59. The van der Waals surface area contributed by atoms with E-state index in [0.29, 0.717) is 6.42 Å². The minimum absolute atomic E-state index is 0. The Labute approximate surface area is 113 Å². The van der Waals surface area contributed by atoms with Gasteiger partial charge in [-0.1, -0.05) is 24.6 Å². The van der Waals surface area contributed by atoms with Crippen molar-refractivity contribution in [1.82, 2.24) is 0 Å². The number of ether oxygens (including phenoxy) is 1. The zero-order valence-electron chi connectivity index (χ0n) is 10.6. The Hall–Kier alpha value is -1.06. The molecule has 0 spiro atoms. The van der Waals surface area contributed by atoms with Crippen LogP contribution in [0.25, 0.3) is 0 Å². The number of Topliss-reactive ketones (excluding diaryl/α,β-unsaturated/α-hetero) is 1. The number of benzene rings is 1. The van der Waals surface area contributed by atoms with Crippen LogP contribution >= 0.6 is 12.4 Å². The molecule has 0 unspecified atom stereocenters. The highest BCUT2D eigenvalue weighted by atomic mass is 35.5. The fourth-order valence-electron chi connectivity index (χ4n) is 3.08. The summed E-state index contributed by atoms with van der Waals surface area (Å²) in [7, 11) is 0. The Morgan fingerprint density at radius 2 is 2.17 bits per heavy atom. The summed E-state index contributed by atoms with van der Waals surface area (Å²) in [6, 6.07) is 5.71. The van der Waals surface area contributed by atoms with Crippen molar-refractivity contribution < 1.29 is 9.53 Å². The predicted molar refractivity (Wildman–Crippen MR) is 72.4 cm³/mol. The molecule has 1 aromatic rings. The Morgan fingerprint density at radius 3 is 2.89 bits per heavy atom. The van der Waals surface area contributed by atoms with Crippen LogP contribution in [0.15, 0.2) is 18.2 Å². The van der Waals surface area contributed by atoms with Crippen molar-refractivity contribution >= 4 is 18.2 Å². The summed E-state index contributed by atoms with van der Waals surface area (Å²) in [4.78, 5) is 11.7. The van der Waals surface area contributed by atoms with Gasteiger partial charge in [-0.3, -0.25) is 4.79 Å². The fourth-order valence-corrected chi connectivity index (χ4v) is 3.08. The SMILES string of the molecule is Cc1ccc2c(c1)[C@]1(C)CCC(=O)[C@H](N)[C@@H]1O2.Cl. The van der Waals surface area contributed by atoms with Crippen molar-refractivity contribution in [2.75, 3.05) is 0 Å². The number of nitrogens with two attached hydrogens (primary N) is 1. The van der Waals surface area contributed by atoms with E-state index in [0.717, 1.165) is 12.2 Å². The standard InChI is InChI=1S/C14H17NO2.ClH/c1-8-3-4-11-9(7-8)14(2)6-5-10(16)12(15)13(14)17-11;/h3-4,7,12-13H,5-6,15H2,1-2H3;1H/t12-,13-,14-;/m0./s1. The Kier molecular flexibility index (Phi) is 3.16. The second kappa shape index (κ2) is 4.25. The topological polar surface area (TPSA) is 52.3 Å². The molecular weight excluding hydrogens is 250 g/mol. The van der Waals surface area contributed by atoms with E-state index in [-0.39, 0.29) is 29.7 Å². The van der Waals surface area contributed by atoms with E-state index in [9.17, 15) is 4.79 Å². The minimum atomic E-state index is -0.485. The maximum atomic E-state index is 11.7. The molecule has 0 aromatic heterocycles. The summed E-state index contributed by atoms with van der Waals surface area (Å²) in [5, 5.41) is 0. The first kappa shape index (κ1) is 13.4. The number of fused-ring (bicyclic) bond motifs is 3. The molecule has 1 aliphatic heterocycles. The quantitative estimate of drug-likeness (QED) is 0.783. The van der Waals surface area contributed by atoms with Crippen LogP contribution in [0.5, 0.6) is 5.75 Å². The number of rotatable bonds is 0. The Balaban J connectivity index is 0.00000120. The molecule has 2 aliphatic rings. The Bertz CT molecular complexity index is 503. The van der Waals surface area contributed by atoms with Crippen LogP contribution < -0.4 is 10.5 Å². The first-order chi connectivity index (χ1) is 8.02. The van der Waals surface area contributed by atoms with Crippen LogP contribution in [-0.2, 0) is 10.2 Å². The molecule has 98 valence electrons. The molecule has 3 rings (SSSR count). The van der Waals surface area contributed by atoms with Crippen LogP contribution in [0.1, 0.15) is 30.9 Å². The molecule has 1 fully saturated rings. The Morgan fingerprint density at radius 1 is 1.44 bits per heavy atom. The van der Waals surface area contributed by atoms with Gasteiger partial charge in [-0.2, -0.15) is 0 Å². The van der Waals surface area contributed by atoms with Gasteiger partial charge in [-0.15, -0.1) is 12.4 Å². The van der Waals surface area contributed by atoms with Crippen LogP contribution in [0.2, 0.25) is 0 Å². The van der Waals surface area contributed by atoms with Gasteiger partial charge in [0.25, 0.3) is 0 Å². The normalized spacial score (nSPS) is 33.2. The first-order valence-corrected chi connectivity index (χ1v) is 6.08. The summed E-state index contributed by atoms with van der Waals surface area (Å²) < 4.78 is 5.91. The van der Waals surface area contributed by atoms with Gasteiger partial charge in [0.05, 0.1) is 0 Å². The predicted octanol–water partition coefficient (Wildman–Crippen LogP) is 2.13. The minimum Gasteiger partial charge on any atom is -0.487 e. The number of halogens is 1. The van der Waals surface area contributed by atoms with Gasteiger partial charge in [0, 0.05) is 17.4 Å². The third-order valence-corrected chi connectivity index (χ3v) is 4.22. The average molecular weight is 268 g/mol. The smallest absolute Gasteiger partial charge is 0.153 e. The number of hydrogen-bond donors (Lipinski definition) is 1. The zero-order valence-corrected chi connectivity index (χ0v) is 11.4. The molecule has 0 bridgehead atoms. The maximum absolute atomic E-state index is 11.7. The van der Waals surface area contributed by atoms with E-state index >= 15 is 0 Å². The summed E-state index contributed by atoms with van der Waals surface area (Å²) in [5.41, 5.74) is 8.32. The van der Waals surface area contributed by atoms with Gasteiger partial charge in [0.1, 0.15) is 17.9 Å². The summed E-state index contributed by atoms with van der Waals surface area (Å²) in [6.45, 7) is 4.24. The lowest BCUT2D eigenvalue weighted by Gasteiger charge is -2.37. The third-order valence-electron chi connectivity index (χ3n) is 4.22. The summed E-state index contributed by atoms with van der Waals surface area (Å²) in [5.74, 6) is 1.02. The maximum Gasteiger partial charge on any atom is 0.153 e. The van der Waals surface area contributed by atoms with Crippen LogP contribution in [-0.4, -0.2) is 17.9 Å². The van der Waals surface area contributed by atoms with E-state index in [2.05, 4.69) is 19.9 Å². The second-order valence-electron chi connectivity index (χ2n) is 5.45. The molecule has 1 aromatic carbocycles. The molecule has 2 N–H and O–H groups in total. The molecule has 18 heavy (non-hydrogen) atoms. The molecular formula is C14H18ClNO2. The molecule has 3 nitrogen and oxygen atoms in total. The monoisotopic (exact) mass is 267 g/mol. The molecule has 0 saturated heterocycles. The molecule has 3 atom stereocenters. The largest absolute Gasteiger partial charge is 0.487 e. The zero-order chi connectivity index (χ0) is 12.2. The first-order valence-electron chi connectivity index (χ1n) is 6.08. The van der Waals surface area contributed by atoms with Crippen molar-refractivity contribution in [3.05, 3.63) is 29.3 Å². The van der Waals surface area contributed by atoms with Gasteiger partial charge in [0.2, 0.25) is 0 Å². The van der Waals surface area contributed by atoms with Crippen molar-refractivity contribution in [2.24, 2.45) is 5.73 Å². The molecule has 1 saturated carbocycles. The molecule has 0 amide bonds. The number of aryl methyl sites for hydroxylation is 1. The van der Waals surface area contributed by atoms with E-state index in [1.54, 1.807) is 0 Å². The number of carbonyl (C=O) groups excluding carboxylic acids is 1. The molecule has 1 aliphatic carbocycles. The van der Waals surface area contributed by atoms with Gasteiger partial charge in [0.15, 0.2) is 5.78 Å². The van der Waals surface area contributed by atoms with Crippen LogP contribution in [0.3, 0.4) is 0 Å². The fraction of sp³-hybridized carbons (Fsp3) is 0.500. The summed E-state index contributed by atoms with van der Waals surface area (Å²) in [6.07, 6.45) is 1.20. The highest BCUT2D eigenvalue weighted by Gasteiger charge is 2.52. The van der Waals surface area contributed by atoms with E-state index in [4.69, 9.17) is 10.5 Å². The molecule has 4 heteroatoms. The van der Waals surface area contributed by atoms with Gasteiger partial charge >= 0.3 is 0 Å². The van der Waals surface area contributed by atoms with Crippen molar-refractivity contribution in [3.63, 3.8) is 0 Å². The van der Waals surface area contributed by atoms with E-state index in [1.807, 2.05) is 12.1 Å². The van der Waals surface area contributed by atoms with Crippen LogP contribution in [0, 0.1) is 6.92 Å². The van der Waals surface area contributed by atoms with Crippen molar-refractivity contribution in [1.29, 1.82) is 0 Å². The highest BCUT2D eigenvalue weighted by molar-refractivity contribution is 5.86. The second-order valence-corrected chi connectivity index (χ2v) is 5.45. The third kappa shape index (κ3) is 1.65. The molecule has 1 heterocycles. The van der Waals surface area contributed by atoms with Crippen molar-refractivity contribution in [3.8, 4) is 5.75 Å². The van der Waals surface area contributed by atoms with Crippen LogP contribution in [0.4, 0.5) is 0 Å². The number of ketones is 1. The summed E-state index contributed by atoms with van der Waals surface area (Å²) >= 11 is 0. The van der Waals surface area contributed by atoms with Crippen molar-refractivity contribution in [2.45, 2.75) is 44.2 Å². The van der Waals surface area contributed by atoms with Gasteiger partial charge in [-0.25, -0.2) is 0 Å². The lowest BCUT2D eigenvalue weighted by molar-refractivity contribution is -0.126. The number of carbonyl (C=O) groups is 1. The lowest BCUT2D eigenvalue weighted by atomic mass is 9.68. The number of hydrogen-bond acceptors (Lipinski definition) is 3. The van der Waals surface area contributed by atoms with E-state index in [1.165, 1.54) is 11.1 Å².